The van der Waals surface area contributed by atoms with Crippen LogP contribution in [0.3, 0.4) is 0 Å². The summed E-state index contributed by atoms with van der Waals surface area (Å²) >= 11 is 0. The van der Waals surface area contributed by atoms with Gasteiger partial charge in [0, 0.05) is 23.1 Å². The molecule has 1 heterocycles. The van der Waals surface area contributed by atoms with Crippen molar-refractivity contribution in [3.8, 4) is 0 Å². The monoisotopic (exact) mass is 271 g/mol. The average Bonchev–Trinajstić information content (AvgIpc) is 3.06. The maximum Gasteiger partial charge on any atom is 0.306 e. The Labute approximate surface area is 119 Å². The standard InChI is InChI=1S/C17H21NO2/c1-12(17(19)20)10-13-11-18(14-6-2-3-7-14)16-9-5-4-8-15(13)16/h4-5,8-9,11-12,14H,2-3,6-7,10H2,1H3,(H,19,20). The molecule has 1 aromatic heterocycles. The minimum Gasteiger partial charge on any atom is -0.481 e. The highest BCUT2D eigenvalue weighted by Crippen LogP contribution is 2.34. The minimum absolute atomic E-state index is 0.335. The second-order valence-corrected chi connectivity index (χ2v) is 5.96. The number of carboxylic acids is 1. The summed E-state index contributed by atoms with van der Waals surface area (Å²) < 4.78 is 2.38. The Bertz CT molecular complexity index is 623. The Kier molecular flexibility index (Phi) is 3.51. The van der Waals surface area contributed by atoms with E-state index in [1.165, 1.54) is 42.1 Å². The molecule has 0 amide bonds. The number of rotatable bonds is 4. The molecule has 1 aromatic carbocycles. The zero-order chi connectivity index (χ0) is 14.1. The predicted octanol–water partition coefficient (Wildman–Crippen LogP) is 4.02. The molecule has 0 radical (unpaired) electrons. The molecule has 0 saturated heterocycles. The van der Waals surface area contributed by atoms with E-state index in [9.17, 15) is 4.79 Å². The minimum atomic E-state index is -0.720. The van der Waals surface area contributed by atoms with Gasteiger partial charge in [-0.05, 0) is 30.9 Å². The molecule has 0 aliphatic heterocycles. The first kappa shape index (κ1) is 13.2. The summed E-state index contributed by atoms with van der Waals surface area (Å²) in [6.07, 6.45) is 7.89. The second kappa shape index (κ2) is 5.31. The van der Waals surface area contributed by atoms with Gasteiger partial charge < -0.3 is 9.67 Å². The smallest absolute Gasteiger partial charge is 0.306 e. The number of aliphatic carboxylic acids is 1. The molecule has 0 spiro atoms. The summed E-state index contributed by atoms with van der Waals surface area (Å²) in [5.74, 6) is -1.06. The van der Waals surface area contributed by atoms with Crippen LogP contribution in [0.4, 0.5) is 0 Å². The maximum absolute atomic E-state index is 11.1. The van der Waals surface area contributed by atoms with Gasteiger partial charge in [-0.3, -0.25) is 4.79 Å². The molecule has 1 atom stereocenters. The van der Waals surface area contributed by atoms with Crippen LogP contribution in [-0.2, 0) is 11.2 Å². The van der Waals surface area contributed by atoms with E-state index in [0.717, 1.165) is 0 Å². The number of carbonyl (C=O) groups is 1. The number of hydrogen-bond acceptors (Lipinski definition) is 1. The highest BCUT2D eigenvalue weighted by molar-refractivity contribution is 5.84. The highest BCUT2D eigenvalue weighted by atomic mass is 16.4. The molecule has 3 nitrogen and oxygen atoms in total. The topological polar surface area (TPSA) is 42.2 Å². The van der Waals surface area contributed by atoms with Gasteiger partial charge in [0.15, 0.2) is 0 Å². The summed E-state index contributed by atoms with van der Waals surface area (Å²) in [4.78, 5) is 11.1. The fourth-order valence-corrected chi connectivity index (χ4v) is 3.34. The highest BCUT2D eigenvalue weighted by Gasteiger charge is 2.21. The third-order valence-corrected chi connectivity index (χ3v) is 4.49. The summed E-state index contributed by atoms with van der Waals surface area (Å²) in [6.45, 7) is 1.78. The zero-order valence-electron chi connectivity index (χ0n) is 11.9. The summed E-state index contributed by atoms with van der Waals surface area (Å²) in [6, 6.07) is 8.97. The Hall–Kier alpha value is -1.77. The predicted molar refractivity (Wildman–Crippen MR) is 79.9 cm³/mol. The first-order chi connectivity index (χ1) is 9.66. The normalized spacial score (nSPS) is 17.6. The fourth-order valence-electron chi connectivity index (χ4n) is 3.34. The second-order valence-electron chi connectivity index (χ2n) is 5.96. The lowest BCUT2D eigenvalue weighted by Gasteiger charge is -2.13. The lowest BCUT2D eigenvalue weighted by Crippen LogP contribution is -2.12. The van der Waals surface area contributed by atoms with Crippen LogP contribution < -0.4 is 0 Å². The van der Waals surface area contributed by atoms with Crippen molar-refractivity contribution in [2.75, 3.05) is 0 Å². The number of para-hydroxylation sites is 1. The van der Waals surface area contributed by atoms with Crippen molar-refractivity contribution < 1.29 is 9.90 Å². The molecule has 1 aliphatic rings. The third kappa shape index (κ3) is 2.33. The van der Waals surface area contributed by atoms with E-state index in [-0.39, 0.29) is 5.92 Å². The van der Waals surface area contributed by atoms with Crippen LogP contribution in [0.1, 0.15) is 44.2 Å². The molecule has 3 heteroatoms. The van der Waals surface area contributed by atoms with Crippen LogP contribution in [0.25, 0.3) is 10.9 Å². The molecule has 1 fully saturated rings. The molecule has 106 valence electrons. The van der Waals surface area contributed by atoms with Crippen LogP contribution in [0, 0.1) is 5.92 Å². The van der Waals surface area contributed by atoms with E-state index in [2.05, 4.69) is 29.0 Å². The van der Waals surface area contributed by atoms with Crippen molar-refractivity contribution in [2.45, 2.75) is 45.1 Å². The molecule has 2 aromatic rings. The average molecular weight is 271 g/mol. The zero-order valence-corrected chi connectivity index (χ0v) is 11.9. The summed E-state index contributed by atoms with van der Waals surface area (Å²) in [5.41, 5.74) is 2.43. The van der Waals surface area contributed by atoms with E-state index in [0.29, 0.717) is 12.5 Å². The van der Waals surface area contributed by atoms with Crippen LogP contribution in [0.2, 0.25) is 0 Å². The third-order valence-electron chi connectivity index (χ3n) is 4.49. The number of nitrogens with zero attached hydrogens (tertiary/aromatic N) is 1. The molecule has 1 N–H and O–H groups in total. The lowest BCUT2D eigenvalue weighted by atomic mass is 10.0. The molecule has 0 bridgehead atoms. The van der Waals surface area contributed by atoms with Crippen molar-refractivity contribution in [1.29, 1.82) is 0 Å². The van der Waals surface area contributed by atoms with Gasteiger partial charge in [0.05, 0.1) is 5.92 Å². The van der Waals surface area contributed by atoms with Crippen LogP contribution in [0.5, 0.6) is 0 Å². The van der Waals surface area contributed by atoms with Gasteiger partial charge in [-0.1, -0.05) is 38.0 Å². The SMILES string of the molecule is CC(Cc1cn(C2CCCC2)c2ccccc12)C(=O)O. The maximum atomic E-state index is 11.1. The Morgan fingerprint density at radius 2 is 2.05 bits per heavy atom. The number of carboxylic acid groups (broad SMARTS) is 1. The molecular weight excluding hydrogens is 250 g/mol. The summed E-state index contributed by atoms with van der Waals surface area (Å²) in [7, 11) is 0. The number of fused-ring (bicyclic) bond motifs is 1. The quantitative estimate of drug-likeness (QED) is 0.912. The Balaban J connectivity index is 2.01. The molecule has 1 aliphatic carbocycles. The molecule has 3 rings (SSSR count). The van der Waals surface area contributed by atoms with E-state index < -0.39 is 5.97 Å². The number of hydrogen-bond donors (Lipinski definition) is 1. The van der Waals surface area contributed by atoms with E-state index >= 15 is 0 Å². The first-order valence-electron chi connectivity index (χ1n) is 7.48. The fraction of sp³-hybridized carbons (Fsp3) is 0.471. The molecule has 20 heavy (non-hydrogen) atoms. The van der Waals surface area contributed by atoms with Crippen molar-refractivity contribution in [3.05, 3.63) is 36.0 Å². The van der Waals surface area contributed by atoms with Crippen molar-refractivity contribution >= 4 is 16.9 Å². The van der Waals surface area contributed by atoms with Crippen molar-refractivity contribution in [3.63, 3.8) is 0 Å². The van der Waals surface area contributed by atoms with E-state index in [1.807, 2.05) is 6.07 Å². The Morgan fingerprint density at radius 1 is 1.35 bits per heavy atom. The number of benzene rings is 1. The lowest BCUT2D eigenvalue weighted by molar-refractivity contribution is -0.141. The van der Waals surface area contributed by atoms with E-state index in [4.69, 9.17) is 5.11 Å². The largest absolute Gasteiger partial charge is 0.481 e. The van der Waals surface area contributed by atoms with Gasteiger partial charge in [-0.25, -0.2) is 0 Å². The van der Waals surface area contributed by atoms with Crippen LogP contribution >= 0.6 is 0 Å². The van der Waals surface area contributed by atoms with Gasteiger partial charge in [0.1, 0.15) is 0 Å². The van der Waals surface area contributed by atoms with Crippen molar-refractivity contribution in [1.82, 2.24) is 4.57 Å². The van der Waals surface area contributed by atoms with Crippen LogP contribution in [0.15, 0.2) is 30.5 Å². The Morgan fingerprint density at radius 3 is 2.75 bits per heavy atom. The molecule has 1 saturated carbocycles. The number of aromatic nitrogens is 1. The van der Waals surface area contributed by atoms with Gasteiger partial charge in [-0.2, -0.15) is 0 Å². The van der Waals surface area contributed by atoms with Gasteiger partial charge in [0.25, 0.3) is 0 Å². The summed E-state index contributed by atoms with van der Waals surface area (Å²) in [5, 5.41) is 10.3. The van der Waals surface area contributed by atoms with Crippen LogP contribution in [-0.4, -0.2) is 15.6 Å². The van der Waals surface area contributed by atoms with Gasteiger partial charge in [0.2, 0.25) is 0 Å². The first-order valence-corrected chi connectivity index (χ1v) is 7.48. The molecular formula is C17H21NO2. The van der Waals surface area contributed by atoms with Crippen molar-refractivity contribution in [2.24, 2.45) is 5.92 Å². The van der Waals surface area contributed by atoms with Gasteiger partial charge >= 0.3 is 5.97 Å². The molecule has 1 unspecified atom stereocenters. The van der Waals surface area contributed by atoms with Gasteiger partial charge in [-0.15, -0.1) is 0 Å². The van der Waals surface area contributed by atoms with E-state index in [1.54, 1.807) is 6.92 Å².